The van der Waals surface area contributed by atoms with E-state index in [1.165, 1.54) is 0 Å². The molecule has 1 aromatic rings. The number of hydrogen-bond donors (Lipinski definition) is 2. The molecule has 1 aliphatic heterocycles. The summed E-state index contributed by atoms with van der Waals surface area (Å²) in [6.45, 7) is 1.76. The van der Waals surface area contributed by atoms with Gasteiger partial charge in [-0.3, -0.25) is 9.59 Å². The maximum absolute atomic E-state index is 11.7. The summed E-state index contributed by atoms with van der Waals surface area (Å²) in [5.74, 6) is -0.305. The Kier molecular flexibility index (Phi) is 4.11. The Labute approximate surface area is 111 Å². The van der Waals surface area contributed by atoms with E-state index in [9.17, 15) is 9.59 Å². The average molecular weight is 258 g/mol. The summed E-state index contributed by atoms with van der Waals surface area (Å²) in [5.41, 5.74) is 1.43. The molecule has 2 rings (SSSR count). The number of amides is 2. The minimum absolute atomic E-state index is 0.0347. The number of anilines is 2. The Morgan fingerprint density at radius 2 is 2.16 bits per heavy atom. The lowest BCUT2D eigenvalue weighted by Crippen LogP contribution is -2.48. The van der Waals surface area contributed by atoms with E-state index in [4.69, 9.17) is 5.26 Å². The van der Waals surface area contributed by atoms with Crippen molar-refractivity contribution in [2.45, 2.75) is 6.42 Å². The van der Waals surface area contributed by atoms with Gasteiger partial charge in [0.1, 0.15) is 6.42 Å². The van der Waals surface area contributed by atoms with Gasteiger partial charge in [0.2, 0.25) is 11.8 Å². The van der Waals surface area contributed by atoms with Crippen LogP contribution in [0.3, 0.4) is 0 Å². The zero-order chi connectivity index (χ0) is 13.7. The summed E-state index contributed by atoms with van der Waals surface area (Å²) >= 11 is 0. The molecule has 1 saturated heterocycles. The summed E-state index contributed by atoms with van der Waals surface area (Å²) in [6.07, 6.45) is -0.169. The van der Waals surface area contributed by atoms with Crippen LogP contribution < -0.4 is 15.5 Å². The molecule has 6 nitrogen and oxygen atoms in total. The fraction of sp³-hybridized carbons (Fsp3) is 0.308. The molecule has 0 atom stereocenters. The van der Waals surface area contributed by atoms with Gasteiger partial charge in [-0.1, -0.05) is 0 Å². The van der Waals surface area contributed by atoms with Crippen molar-refractivity contribution >= 4 is 23.2 Å². The Hall–Kier alpha value is -2.39. The fourth-order valence-corrected chi connectivity index (χ4v) is 1.88. The third-order valence-corrected chi connectivity index (χ3v) is 2.79. The van der Waals surface area contributed by atoms with Gasteiger partial charge in [-0.2, -0.15) is 5.26 Å². The van der Waals surface area contributed by atoms with Crippen LogP contribution in [0.1, 0.15) is 6.42 Å². The molecule has 6 heteroatoms. The Bertz CT molecular complexity index is 518. The molecule has 1 heterocycles. The zero-order valence-corrected chi connectivity index (χ0v) is 10.3. The van der Waals surface area contributed by atoms with Gasteiger partial charge >= 0.3 is 0 Å². The molecule has 0 spiro atoms. The zero-order valence-electron chi connectivity index (χ0n) is 10.3. The van der Waals surface area contributed by atoms with Gasteiger partial charge in [0.05, 0.1) is 12.6 Å². The van der Waals surface area contributed by atoms with E-state index in [1.54, 1.807) is 35.2 Å². The lowest BCUT2D eigenvalue weighted by molar-refractivity contribution is -0.118. The van der Waals surface area contributed by atoms with Gasteiger partial charge in [0.15, 0.2) is 0 Å². The van der Waals surface area contributed by atoms with Crippen LogP contribution in [0.15, 0.2) is 24.3 Å². The van der Waals surface area contributed by atoms with Crippen LogP contribution in [-0.4, -0.2) is 31.4 Å². The Morgan fingerprint density at radius 1 is 1.42 bits per heavy atom. The topological polar surface area (TPSA) is 85.2 Å². The van der Waals surface area contributed by atoms with Crippen LogP contribution in [0.5, 0.6) is 0 Å². The van der Waals surface area contributed by atoms with Gasteiger partial charge in [-0.05, 0) is 24.3 Å². The van der Waals surface area contributed by atoms with Crippen molar-refractivity contribution in [3.63, 3.8) is 0 Å². The molecule has 19 heavy (non-hydrogen) atoms. The van der Waals surface area contributed by atoms with Crippen molar-refractivity contribution in [1.82, 2.24) is 5.32 Å². The second kappa shape index (κ2) is 5.98. The van der Waals surface area contributed by atoms with Crippen LogP contribution >= 0.6 is 0 Å². The standard InChI is InChI=1S/C13H14N4O2/c14-6-5-12(18)16-10-1-3-11(4-2-10)17-8-7-15-9-13(17)19/h1-4,15H,5,7-9H2,(H,16,18). The highest BCUT2D eigenvalue weighted by atomic mass is 16.2. The first-order valence-electron chi connectivity index (χ1n) is 5.98. The highest BCUT2D eigenvalue weighted by Gasteiger charge is 2.18. The molecular weight excluding hydrogens is 244 g/mol. The van der Waals surface area contributed by atoms with Gasteiger partial charge in [-0.25, -0.2) is 0 Å². The van der Waals surface area contributed by atoms with Crippen molar-refractivity contribution in [2.24, 2.45) is 0 Å². The molecule has 0 aliphatic carbocycles. The second-order valence-electron chi connectivity index (χ2n) is 4.15. The number of rotatable bonds is 3. The molecule has 0 saturated carbocycles. The van der Waals surface area contributed by atoms with Crippen LogP contribution in [-0.2, 0) is 9.59 Å². The number of nitriles is 1. The minimum atomic E-state index is -0.339. The molecule has 1 aromatic carbocycles. The fourth-order valence-electron chi connectivity index (χ4n) is 1.88. The molecule has 2 amide bonds. The summed E-state index contributed by atoms with van der Waals surface area (Å²) in [7, 11) is 0. The van der Waals surface area contributed by atoms with Crippen LogP contribution in [0.2, 0.25) is 0 Å². The quantitative estimate of drug-likeness (QED) is 0.825. The van der Waals surface area contributed by atoms with Gasteiger partial charge in [-0.15, -0.1) is 0 Å². The summed E-state index contributed by atoms with van der Waals surface area (Å²) < 4.78 is 0. The monoisotopic (exact) mass is 258 g/mol. The van der Waals surface area contributed by atoms with Crippen molar-refractivity contribution < 1.29 is 9.59 Å². The number of carbonyl (C=O) groups is 2. The Balaban J connectivity index is 2.04. The number of nitrogens with zero attached hydrogens (tertiary/aromatic N) is 2. The normalized spacial score (nSPS) is 14.9. The number of nitrogens with one attached hydrogen (secondary N) is 2. The lowest BCUT2D eigenvalue weighted by atomic mass is 10.2. The highest BCUT2D eigenvalue weighted by Crippen LogP contribution is 2.18. The van der Waals surface area contributed by atoms with Crippen molar-refractivity contribution in [3.05, 3.63) is 24.3 Å². The molecule has 0 radical (unpaired) electrons. The molecule has 1 aliphatic rings. The van der Waals surface area contributed by atoms with E-state index in [-0.39, 0.29) is 18.2 Å². The molecule has 2 N–H and O–H groups in total. The molecule has 0 unspecified atom stereocenters. The third kappa shape index (κ3) is 3.30. The Morgan fingerprint density at radius 3 is 2.79 bits per heavy atom. The molecule has 1 fully saturated rings. The maximum atomic E-state index is 11.7. The smallest absolute Gasteiger partial charge is 0.240 e. The highest BCUT2D eigenvalue weighted by molar-refractivity contribution is 5.96. The van der Waals surface area contributed by atoms with E-state index >= 15 is 0 Å². The molecular formula is C13H14N4O2. The third-order valence-electron chi connectivity index (χ3n) is 2.79. The predicted molar refractivity (Wildman–Crippen MR) is 70.5 cm³/mol. The van der Waals surface area contributed by atoms with Crippen molar-refractivity contribution in [2.75, 3.05) is 29.9 Å². The number of carbonyl (C=O) groups excluding carboxylic acids is 2. The average Bonchev–Trinajstić information content (AvgIpc) is 2.41. The first kappa shape index (κ1) is 13.1. The van der Waals surface area contributed by atoms with E-state index in [1.807, 2.05) is 0 Å². The molecule has 0 aromatic heterocycles. The predicted octanol–water partition coefficient (Wildman–Crippen LogP) is 0.475. The van der Waals surface area contributed by atoms with E-state index in [0.717, 1.165) is 12.2 Å². The lowest BCUT2D eigenvalue weighted by Gasteiger charge is -2.27. The SMILES string of the molecule is N#CCC(=O)Nc1ccc(N2CCNCC2=O)cc1. The molecule has 98 valence electrons. The van der Waals surface area contributed by atoms with Crippen LogP contribution in [0, 0.1) is 11.3 Å². The first-order valence-corrected chi connectivity index (χ1v) is 5.98. The van der Waals surface area contributed by atoms with Gasteiger partial charge < -0.3 is 15.5 Å². The summed E-state index contributed by atoms with van der Waals surface area (Å²) in [4.78, 5) is 24.7. The maximum Gasteiger partial charge on any atom is 0.240 e. The minimum Gasteiger partial charge on any atom is -0.325 e. The largest absolute Gasteiger partial charge is 0.325 e. The second-order valence-corrected chi connectivity index (χ2v) is 4.15. The van der Waals surface area contributed by atoms with Gasteiger partial charge in [0, 0.05) is 24.5 Å². The molecule has 0 bridgehead atoms. The summed E-state index contributed by atoms with van der Waals surface area (Å²) in [6, 6.07) is 8.79. The first-order chi connectivity index (χ1) is 9.20. The summed E-state index contributed by atoms with van der Waals surface area (Å²) in [5, 5.41) is 14.0. The van der Waals surface area contributed by atoms with Crippen LogP contribution in [0.4, 0.5) is 11.4 Å². The van der Waals surface area contributed by atoms with Gasteiger partial charge in [0.25, 0.3) is 0 Å². The van der Waals surface area contributed by atoms with Crippen molar-refractivity contribution in [1.29, 1.82) is 5.26 Å². The van der Waals surface area contributed by atoms with E-state index < -0.39 is 0 Å². The van der Waals surface area contributed by atoms with Crippen LogP contribution in [0.25, 0.3) is 0 Å². The number of piperazine rings is 1. The van der Waals surface area contributed by atoms with E-state index in [2.05, 4.69) is 10.6 Å². The number of hydrogen-bond acceptors (Lipinski definition) is 4. The van der Waals surface area contributed by atoms with E-state index in [0.29, 0.717) is 18.8 Å². The number of benzene rings is 1. The van der Waals surface area contributed by atoms with Crippen molar-refractivity contribution in [3.8, 4) is 6.07 Å².